The third-order valence-electron chi connectivity index (χ3n) is 2.00. The molecule has 0 unspecified atom stereocenters. The van der Waals surface area contributed by atoms with E-state index in [-0.39, 0.29) is 0 Å². The van der Waals surface area contributed by atoms with Crippen molar-refractivity contribution in [2.45, 2.75) is 26.8 Å². The van der Waals surface area contributed by atoms with Crippen molar-refractivity contribution in [2.75, 3.05) is 14.1 Å². The van der Waals surface area contributed by atoms with Gasteiger partial charge >= 0.3 is 0 Å². The number of aliphatic imine (C=N–C) groups is 1. The summed E-state index contributed by atoms with van der Waals surface area (Å²) in [5.74, 6) is 0.867. The molecular formula is C11H21N3. The zero-order valence-corrected chi connectivity index (χ0v) is 9.83. The van der Waals surface area contributed by atoms with Crippen molar-refractivity contribution in [3.8, 4) is 0 Å². The molecule has 0 aliphatic rings. The molecule has 0 aromatic heterocycles. The van der Waals surface area contributed by atoms with Crippen molar-refractivity contribution in [1.82, 2.24) is 10.2 Å². The van der Waals surface area contributed by atoms with Crippen LogP contribution >= 0.6 is 0 Å². The Bertz CT molecular complexity index is 239. The van der Waals surface area contributed by atoms with E-state index in [1.54, 1.807) is 7.05 Å². The van der Waals surface area contributed by atoms with E-state index in [0.29, 0.717) is 6.04 Å². The van der Waals surface area contributed by atoms with Gasteiger partial charge in [0.2, 0.25) is 0 Å². The molecule has 0 aliphatic heterocycles. The summed E-state index contributed by atoms with van der Waals surface area (Å²) in [6, 6.07) is 0.500. The Balaban J connectivity index is 4.06. The first-order chi connectivity index (χ1) is 6.47. The van der Waals surface area contributed by atoms with Crippen LogP contribution in [-0.4, -0.2) is 30.9 Å². The Morgan fingerprint density at radius 2 is 2.07 bits per heavy atom. The minimum absolute atomic E-state index is 0.500. The molecule has 1 N–H and O–H groups in total. The number of amidine groups is 1. The quantitative estimate of drug-likeness (QED) is 0.422. The number of nitrogens with one attached hydrogen (secondary N) is 1. The lowest BCUT2D eigenvalue weighted by Gasteiger charge is -2.18. The van der Waals surface area contributed by atoms with Gasteiger partial charge in [0.1, 0.15) is 0 Å². The van der Waals surface area contributed by atoms with Crippen LogP contribution in [0.4, 0.5) is 0 Å². The van der Waals surface area contributed by atoms with Gasteiger partial charge in [-0.2, -0.15) is 0 Å². The Labute approximate surface area is 87.2 Å². The summed E-state index contributed by atoms with van der Waals surface area (Å²) in [7, 11) is 3.79. The first kappa shape index (κ1) is 12.8. The molecule has 0 bridgehead atoms. The van der Waals surface area contributed by atoms with Crippen LogP contribution in [0.1, 0.15) is 20.8 Å². The van der Waals surface area contributed by atoms with E-state index in [0.717, 1.165) is 11.5 Å². The highest BCUT2D eigenvalue weighted by molar-refractivity contribution is 5.81. The lowest BCUT2D eigenvalue weighted by molar-refractivity contribution is 0.375. The average Bonchev–Trinajstić information content (AvgIpc) is 2.13. The lowest BCUT2D eigenvalue weighted by atomic mass is 10.3. The summed E-state index contributed by atoms with van der Waals surface area (Å²) in [5.41, 5.74) is 0.848. The third kappa shape index (κ3) is 5.41. The summed E-state index contributed by atoms with van der Waals surface area (Å²) >= 11 is 0. The highest BCUT2D eigenvalue weighted by Crippen LogP contribution is 1.96. The van der Waals surface area contributed by atoms with Gasteiger partial charge in [-0.15, -0.1) is 0 Å². The van der Waals surface area contributed by atoms with Gasteiger partial charge in [0, 0.05) is 32.0 Å². The molecule has 3 heteroatoms. The van der Waals surface area contributed by atoms with Crippen molar-refractivity contribution in [1.29, 1.82) is 0 Å². The zero-order chi connectivity index (χ0) is 11.1. The lowest BCUT2D eigenvalue weighted by Crippen LogP contribution is -2.21. The standard InChI is InChI=1S/C11H21N3/c1-9(2)14(6)8-7-10(3)13-11(4)12-5/h7-9H,3H2,1-2,4-6H3,(H,12,13)/b8-7-. The highest BCUT2D eigenvalue weighted by Gasteiger charge is 1.96. The van der Waals surface area contributed by atoms with Crippen LogP contribution in [-0.2, 0) is 0 Å². The SMILES string of the molecule is C=C(/C=C\N(C)C(C)C)NC(C)=NC. The maximum absolute atomic E-state index is 3.99. The second-order valence-electron chi connectivity index (χ2n) is 3.53. The molecule has 0 rings (SSSR count). The van der Waals surface area contributed by atoms with E-state index in [1.807, 2.05) is 26.2 Å². The zero-order valence-electron chi connectivity index (χ0n) is 9.83. The van der Waals surface area contributed by atoms with Crippen molar-refractivity contribution < 1.29 is 0 Å². The fourth-order valence-corrected chi connectivity index (χ4v) is 0.710. The summed E-state index contributed by atoms with van der Waals surface area (Å²) < 4.78 is 0. The van der Waals surface area contributed by atoms with Crippen molar-refractivity contribution in [3.05, 3.63) is 24.6 Å². The van der Waals surface area contributed by atoms with Gasteiger partial charge in [0.05, 0.1) is 5.84 Å². The summed E-state index contributed by atoms with van der Waals surface area (Å²) in [4.78, 5) is 6.10. The summed E-state index contributed by atoms with van der Waals surface area (Å²) in [5, 5.41) is 3.07. The fourth-order valence-electron chi connectivity index (χ4n) is 0.710. The maximum Gasteiger partial charge on any atom is 0.0971 e. The van der Waals surface area contributed by atoms with E-state index in [9.17, 15) is 0 Å². The second kappa shape index (κ2) is 6.24. The van der Waals surface area contributed by atoms with E-state index >= 15 is 0 Å². The Morgan fingerprint density at radius 3 is 2.50 bits per heavy atom. The van der Waals surface area contributed by atoms with Crippen LogP contribution in [0.5, 0.6) is 0 Å². The first-order valence-electron chi connectivity index (χ1n) is 4.76. The Hall–Kier alpha value is -1.25. The molecule has 0 saturated carbocycles. The molecule has 0 aromatic rings. The molecule has 0 atom stereocenters. The molecule has 0 heterocycles. The van der Waals surface area contributed by atoms with Gasteiger partial charge in [-0.25, -0.2) is 0 Å². The molecule has 14 heavy (non-hydrogen) atoms. The molecule has 0 aromatic carbocycles. The predicted molar refractivity (Wildman–Crippen MR) is 63.3 cm³/mol. The van der Waals surface area contributed by atoms with E-state index in [1.165, 1.54) is 0 Å². The van der Waals surface area contributed by atoms with Gasteiger partial charge in [0.25, 0.3) is 0 Å². The van der Waals surface area contributed by atoms with Gasteiger partial charge in [-0.1, -0.05) is 6.58 Å². The van der Waals surface area contributed by atoms with Gasteiger partial charge in [-0.05, 0) is 26.8 Å². The van der Waals surface area contributed by atoms with Crippen LogP contribution in [0.15, 0.2) is 29.5 Å². The highest BCUT2D eigenvalue weighted by atomic mass is 15.1. The van der Waals surface area contributed by atoms with E-state index in [2.05, 4.69) is 35.6 Å². The van der Waals surface area contributed by atoms with E-state index < -0.39 is 0 Å². The number of allylic oxidation sites excluding steroid dienone is 1. The van der Waals surface area contributed by atoms with Gasteiger partial charge in [-0.3, -0.25) is 4.99 Å². The normalized spacial score (nSPS) is 12.3. The van der Waals surface area contributed by atoms with Crippen LogP contribution in [0.25, 0.3) is 0 Å². The minimum atomic E-state index is 0.500. The van der Waals surface area contributed by atoms with Crippen LogP contribution in [0, 0.1) is 0 Å². The van der Waals surface area contributed by atoms with Gasteiger partial charge < -0.3 is 10.2 Å². The molecule has 0 amide bonds. The molecule has 0 aliphatic carbocycles. The molecule has 0 fully saturated rings. The molecule has 0 spiro atoms. The van der Waals surface area contributed by atoms with Crippen LogP contribution < -0.4 is 5.32 Å². The fraction of sp³-hybridized carbons (Fsp3) is 0.545. The summed E-state index contributed by atoms with van der Waals surface area (Å²) in [6.07, 6.45) is 3.94. The molecule has 0 saturated heterocycles. The molecule has 0 radical (unpaired) electrons. The van der Waals surface area contributed by atoms with Gasteiger partial charge in [0.15, 0.2) is 0 Å². The maximum atomic E-state index is 3.99. The topological polar surface area (TPSA) is 27.6 Å². The molecule has 80 valence electrons. The van der Waals surface area contributed by atoms with Crippen LogP contribution in [0.2, 0.25) is 0 Å². The Kier molecular flexibility index (Phi) is 5.68. The van der Waals surface area contributed by atoms with Crippen LogP contribution in [0.3, 0.4) is 0 Å². The van der Waals surface area contributed by atoms with Crippen molar-refractivity contribution in [2.24, 2.45) is 4.99 Å². The minimum Gasteiger partial charge on any atom is -0.378 e. The molecule has 3 nitrogen and oxygen atoms in total. The van der Waals surface area contributed by atoms with Crippen molar-refractivity contribution in [3.63, 3.8) is 0 Å². The van der Waals surface area contributed by atoms with E-state index in [4.69, 9.17) is 0 Å². The Morgan fingerprint density at radius 1 is 1.50 bits per heavy atom. The van der Waals surface area contributed by atoms with Crippen molar-refractivity contribution >= 4 is 5.84 Å². The smallest absolute Gasteiger partial charge is 0.0971 e. The summed E-state index contributed by atoms with van der Waals surface area (Å²) in [6.45, 7) is 10.1. The second-order valence-corrected chi connectivity index (χ2v) is 3.53. The number of rotatable bonds is 4. The predicted octanol–water partition coefficient (Wildman–Crippen LogP) is 1.99. The largest absolute Gasteiger partial charge is 0.378 e. The first-order valence-corrected chi connectivity index (χ1v) is 4.76. The number of hydrogen-bond donors (Lipinski definition) is 1. The monoisotopic (exact) mass is 195 g/mol. The number of nitrogens with zero attached hydrogens (tertiary/aromatic N) is 2. The third-order valence-corrected chi connectivity index (χ3v) is 2.00. The molecular weight excluding hydrogens is 174 g/mol. The average molecular weight is 195 g/mol. The number of hydrogen-bond acceptors (Lipinski definition) is 2.